The number of rotatable bonds is 3. The first-order valence-electron chi connectivity index (χ1n) is 10.1. The summed E-state index contributed by atoms with van der Waals surface area (Å²) in [6.45, 7) is 2.61. The molecule has 5 rings (SSSR count). The van der Waals surface area contributed by atoms with Crippen molar-refractivity contribution in [3.63, 3.8) is 0 Å². The molecule has 1 fully saturated rings. The molecule has 0 atom stereocenters. The Balaban J connectivity index is 1.20. The number of aromatic nitrogens is 2. The normalized spacial score (nSPS) is 17.2. The molecule has 148 valence electrons. The van der Waals surface area contributed by atoms with Crippen LogP contribution < -0.4 is 9.47 Å². The van der Waals surface area contributed by atoms with Gasteiger partial charge in [0.1, 0.15) is 19.0 Å². The Kier molecular flexibility index (Phi) is 4.68. The van der Waals surface area contributed by atoms with E-state index in [2.05, 4.69) is 4.98 Å². The highest BCUT2D eigenvalue weighted by Gasteiger charge is 2.24. The molecule has 0 saturated carbocycles. The first-order chi connectivity index (χ1) is 14.3. The molecule has 2 aliphatic rings. The Morgan fingerprint density at radius 3 is 2.69 bits per heavy atom. The van der Waals surface area contributed by atoms with Crippen molar-refractivity contribution in [1.29, 1.82) is 0 Å². The van der Waals surface area contributed by atoms with Gasteiger partial charge in [0.15, 0.2) is 11.5 Å². The number of carbonyl (C=O) groups excluding carboxylic acids is 1. The lowest BCUT2D eigenvalue weighted by molar-refractivity contribution is -0.127. The minimum absolute atomic E-state index is 0.0444. The van der Waals surface area contributed by atoms with Crippen molar-refractivity contribution in [1.82, 2.24) is 14.9 Å². The van der Waals surface area contributed by atoms with Crippen molar-refractivity contribution in [3.8, 4) is 11.5 Å². The second kappa shape index (κ2) is 7.62. The molecule has 0 bridgehead atoms. The number of nitrogens with one attached hydrogen (secondary N) is 1. The average molecular weight is 389 g/mol. The van der Waals surface area contributed by atoms with Crippen molar-refractivity contribution in [2.45, 2.75) is 18.8 Å². The van der Waals surface area contributed by atoms with Gasteiger partial charge in [0.05, 0.1) is 11.0 Å². The molecule has 0 radical (unpaired) electrons. The lowest BCUT2D eigenvalue weighted by Gasteiger charge is -2.30. The number of fused-ring (bicyclic) bond motifs is 2. The van der Waals surface area contributed by atoms with Crippen molar-refractivity contribution >= 4 is 23.0 Å². The number of aromatic amines is 1. The molecule has 6 nitrogen and oxygen atoms in total. The topological polar surface area (TPSA) is 67.5 Å². The maximum atomic E-state index is 12.6. The molecule has 1 aromatic heterocycles. The van der Waals surface area contributed by atoms with Crippen molar-refractivity contribution in [2.24, 2.45) is 0 Å². The summed E-state index contributed by atoms with van der Waals surface area (Å²) in [6.07, 6.45) is 5.33. The van der Waals surface area contributed by atoms with Gasteiger partial charge in [-0.2, -0.15) is 0 Å². The lowest BCUT2D eigenvalue weighted by atomic mass is 9.96. The Morgan fingerprint density at radius 1 is 1.07 bits per heavy atom. The van der Waals surface area contributed by atoms with Gasteiger partial charge in [-0.3, -0.25) is 4.79 Å². The maximum absolute atomic E-state index is 12.6. The molecule has 0 aliphatic carbocycles. The molecule has 1 N–H and O–H groups in total. The second-order valence-corrected chi connectivity index (χ2v) is 7.48. The second-order valence-electron chi connectivity index (χ2n) is 7.48. The van der Waals surface area contributed by atoms with E-state index in [0.29, 0.717) is 19.1 Å². The van der Waals surface area contributed by atoms with Crippen LogP contribution in [0.25, 0.3) is 17.1 Å². The molecule has 6 heteroatoms. The van der Waals surface area contributed by atoms with Gasteiger partial charge in [-0.1, -0.05) is 18.2 Å². The van der Waals surface area contributed by atoms with Crippen LogP contribution in [-0.2, 0) is 4.79 Å². The first-order valence-corrected chi connectivity index (χ1v) is 10.1. The smallest absolute Gasteiger partial charge is 0.246 e. The summed E-state index contributed by atoms with van der Waals surface area (Å²) in [4.78, 5) is 22.7. The fourth-order valence-corrected chi connectivity index (χ4v) is 3.98. The number of ether oxygens (including phenoxy) is 2. The minimum Gasteiger partial charge on any atom is -0.486 e. The summed E-state index contributed by atoms with van der Waals surface area (Å²) in [7, 11) is 0. The summed E-state index contributed by atoms with van der Waals surface area (Å²) >= 11 is 0. The molecule has 0 spiro atoms. The number of nitrogens with zero attached hydrogens (tertiary/aromatic N) is 2. The van der Waals surface area contributed by atoms with E-state index in [4.69, 9.17) is 14.5 Å². The van der Waals surface area contributed by atoms with Gasteiger partial charge in [0.25, 0.3) is 0 Å². The third kappa shape index (κ3) is 3.70. The molecule has 2 aliphatic heterocycles. The number of hydrogen-bond acceptors (Lipinski definition) is 4. The van der Waals surface area contributed by atoms with Crippen LogP contribution in [0.4, 0.5) is 0 Å². The first kappa shape index (κ1) is 17.8. The van der Waals surface area contributed by atoms with Crippen LogP contribution in [-0.4, -0.2) is 47.1 Å². The van der Waals surface area contributed by atoms with E-state index in [1.807, 2.05) is 53.4 Å². The van der Waals surface area contributed by atoms with Gasteiger partial charge < -0.3 is 19.4 Å². The molecule has 29 heavy (non-hydrogen) atoms. The highest BCUT2D eigenvalue weighted by atomic mass is 16.6. The van der Waals surface area contributed by atoms with E-state index >= 15 is 0 Å². The van der Waals surface area contributed by atoms with Crippen LogP contribution >= 0.6 is 0 Å². The van der Waals surface area contributed by atoms with Gasteiger partial charge in [0, 0.05) is 25.1 Å². The Hall–Kier alpha value is -3.28. The predicted octanol–water partition coefficient (Wildman–Crippen LogP) is 3.75. The van der Waals surface area contributed by atoms with Crippen LogP contribution in [0.3, 0.4) is 0 Å². The molecular formula is C23H23N3O3. The molecule has 3 heterocycles. The van der Waals surface area contributed by atoms with Crippen LogP contribution in [0.1, 0.15) is 30.1 Å². The number of benzene rings is 2. The van der Waals surface area contributed by atoms with Crippen LogP contribution in [0.5, 0.6) is 11.5 Å². The van der Waals surface area contributed by atoms with Gasteiger partial charge >= 0.3 is 0 Å². The number of imidazole rings is 1. The van der Waals surface area contributed by atoms with Crippen molar-refractivity contribution in [3.05, 3.63) is 59.9 Å². The number of para-hydroxylation sites is 2. The summed E-state index contributed by atoms with van der Waals surface area (Å²) in [5, 5.41) is 0. The predicted molar refractivity (Wildman–Crippen MR) is 111 cm³/mol. The third-order valence-electron chi connectivity index (χ3n) is 5.59. The number of likely N-dealkylation sites (tertiary alicyclic amines) is 1. The average Bonchev–Trinajstić information content (AvgIpc) is 3.22. The summed E-state index contributed by atoms with van der Waals surface area (Å²) in [5.74, 6) is 2.94. The molecule has 1 saturated heterocycles. The SMILES string of the molecule is O=C(/C=C\c1ccc2c(c1)OCCO2)N1CCC(c2nc3ccccc3[nH]2)CC1. The maximum Gasteiger partial charge on any atom is 0.246 e. The molecule has 1 amide bonds. The molecule has 0 unspecified atom stereocenters. The van der Waals surface area contributed by atoms with Crippen LogP contribution in [0, 0.1) is 0 Å². The third-order valence-corrected chi connectivity index (χ3v) is 5.59. The summed E-state index contributed by atoms with van der Waals surface area (Å²) in [5.41, 5.74) is 3.01. The highest BCUT2D eigenvalue weighted by Crippen LogP contribution is 2.31. The van der Waals surface area contributed by atoms with Gasteiger partial charge in [-0.25, -0.2) is 4.98 Å². The van der Waals surface area contributed by atoms with E-state index in [1.165, 1.54) is 0 Å². The zero-order valence-electron chi connectivity index (χ0n) is 16.1. The molecule has 2 aromatic carbocycles. The number of hydrogen-bond donors (Lipinski definition) is 1. The monoisotopic (exact) mass is 389 g/mol. The Labute approximate surface area is 169 Å². The lowest BCUT2D eigenvalue weighted by Crippen LogP contribution is -2.37. The van der Waals surface area contributed by atoms with Crippen molar-refractivity contribution < 1.29 is 14.3 Å². The Bertz CT molecular complexity index is 1030. The van der Waals surface area contributed by atoms with Gasteiger partial charge in [0.2, 0.25) is 5.91 Å². The zero-order chi connectivity index (χ0) is 19.6. The van der Waals surface area contributed by atoms with Crippen LogP contribution in [0.2, 0.25) is 0 Å². The van der Waals surface area contributed by atoms with Gasteiger partial charge in [-0.05, 0) is 48.7 Å². The summed E-state index contributed by atoms with van der Waals surface area (Å²) < 4.78 is 11.1. The Morgan fingerprint density at radius 2 is 1.86 bits per heavy atom. The number of piperidine rings is 1. The standard InChI is InChI=1S/C23H23N3O3/c27-22(8-6-16-5-7-20-21(15-16)29-14-13-28-20)26-11-9-17(10-12-26)23-24-18-3-1-2-4-19(18)25-23/h1-8,15,17H,9-14H2,(H,24,25)/b8-6-. The van der Waals surface area contributed by atoms with Crippen molar-refractivity contribution in [2.75, 3.05) is 26.3 Å². The zero-order valence-corrected chi connectivity index (χ0v) is 16.1. The number of H-pyrrole nitrogens is 1. The van der Waals surface area contributed by atoms with E-state index in [0.717, 1.165) is 59.9 Å². The summed E-state index contributed by atoms with van der Waals surface area (Å²) in [6, 6.07) is 13.8. The minimum atomic E-state index is 0.0444. The van der Waals surface area contributed by atoms with E-state index < -0.39 is 0 Å². The fraction of sp³-hybridized carbons (Fsp3) is 0.304. The fourth-order valence-electron chi connectivity index (χ4n) is 3.98. The number of carbonyl (C=O) groups is 1. The van der Waals surface area contributed by atoms with E-state index in [-0.39, 0.29) is 5.91 Å². The molecular weight excluding hydrogens is 366 g/mol. The molecule has 3 aromatic rings. The van der Waals surface area contributed by atoms with E-state index in [9.17, 15) is 4.79 Å². The number of amides is 1. The largest absolute Gasteiger partial charge is 0.486 e. The van der Waals surface area contributed by atoms with E-state index in [1.54, 1.807) is 6.08 Å². The highest BCUT2D eigenvalue weighted by molar-refractivity contribution is 5.92. The quantitative estimate of drug-likeness (QED) is 0.693. The van der Waals surface area contributed by atoms with Crippen LogP contribution in [0.15, 0.2) is 48.5 Å². The van der Waals surface area contributed by atoms with Gasteiger partial charge in [-0.15, -0.1) is 0 Å².